The third-order valence-electron chi connectivity index (χ3n) is 3.66. The Morgan fingerprint density at radius 3 is 2.82 bits per heavy atom. The first kappa shape index (κ1) is 12.4. The second kappa shape index (κ2) is 5.50. The van der Waals surface area contributed by atoms with Gasteiger partial charge in [-0.15, -0.1) is 0 Å². The number of hydrogen-bond acceptors (Lipinski definition) is 3. The van der Waals surface area contributed by atoms with Gasteiger partial charge in [0.2, 0.25) is 5.91 Å². The van der Waals surface area contributed by atoms with E-state index in [0.29, 0.717) is 25.6 Å². The Bertz CT molecular complexity index is 320. The largest absolute Gasteiger partial charge is 0.377 e. The maximum absolute atomic E-state index is 12.4. The van der Waals surface area contributed by atoms with Gasteiger partial charge in [0.15, 0.2) is 0 Å². The minimum Gasteiger partial charge on any atom is -0.377 e. The number of nitriles is 1. The first-order valence-electron chi connectivity index (χ1n) is 6.57. The van der Waals surface area contributed by atoms with Crippen LogP contribution in [0.3, 0.4) is 0 Å². The van der Waals surface area contributed by atoms with Crippen molar-refractivity contribution in [2.45, 2.75) is 51.2 Å². The van der Waals surface area contributed by atoms with Gasteiger partial charge in [0.05, 0.1) is 24.5 Å². The number of amides is 1. The van der Waals surface area contributed by atoms with Gasteiger partial charge in [0.1, 0.15) is 0 Å². The molecule has 1 amide bonds. The Kier molecular flexibility index (Phi) is 4.01. The van der Waals surface area contributed by atoms with E-state index in [1.165, 1.54) is 0 Å². The van der Waals surface area contributed by atoms with Crippen molar-refractivity contribution in [2.24, 2.45) is 5.92 Å². The van der Waals surface area contributed by atoms with Crippen molar-refractivity contribution in [1.29, 1.82) is 5.26 Å². The van der Waals surface area contributed by atoms with Crippen LogP contribution in [0.15, 0.2) is 0 Å². The molecule has 4 heteroatoms. The highest BCUT2D eigenvalue weighted by molar-refractivity contribution is 5.80. The van der Waals surface area contributed by atoms with Crippen LogP contribution in [-0.4, -0.2) is 36.1 Å². The van der Waals surface area contributed by atoms with Crippen molar-refractivity contribution in [3.05, 3.63) is 0 Å². The van der Waals surface area contributed by atoms with E-state index < -0.39 is 0 Å². The Morgan fingerprint density at radius 1 is 1.47 bits per heavy atom. The number of carbonyl (C=O) groups is 1. The highest BCUT2D eigenvalue weighted by Gasteiger charge is 2.40. The molecule has 0 aromatic heterocycles. The molecule has 0 spiro atoms. The molecule has 1 saturated carbocycles. The van der Waals surface area contributed by atoms with Crippen molar-refractivity contribution in [3.63, 3.8) is 0 Å². The summed E-state index contributed by atoms with van der Waals surface area (Å²) in [6.07, 6.45) is 4.46. The summed E-state index contributed by atoms with van der Waals surface area (Å²) in [5.74, 6) is 0.242. The molecule has 1 saturated heterocycles. The number of hydrogen-bond donors (Lipinski definition) is 0. The molecular formula is C13H20N2O2. The summed E-state index contributed by atoms with van der Waals surface area (Å²) >= 11 is 0. The fourth-order valence-electron chi connectivity index (χ4n) is 2.58. The molecule has 2 atom stereocenters. The van der Waals surface area contributed by atoms with E-state index in [1.54, 1.807) is 0 Å². The van der Waals surface area contributed by atoms with Crippen molar-refractivity contribution >= 4 is 5.91 Å². The fraction of sp³-hybridized carbons (Fsp3) is 0.846. The lowest BCUT2D eigenvalue weighted by Gasteiger charge is -2.26. The van der Waals surface area contributed by atoms with E-state index in [-0.39, 0.29) is 17.9 Å². The maximum atomic E-state index is 12.4. The van der Waals surface area contributed by atoms with E-state index in [4.69, 9.17) is 10.00 Å². The maximum Gasteiger partial charge on any atom is 0.228 e. The molecule has 17 heavy (non-hydrogen) atoms. The molecule has 0 N–H and O–H groups in total. The van der Waals surface area contributed by atoms with Crippen LogP contribution in [0, 0.1) is 17.2 Å². The van der Waals surface area contributed by atoms with Crippen LogP contribution in [0.2, 0.25) is 0 Å². The lowest BCUT2D eigenvalue weighted by molar-refractivity contribution is -0.137. The van der Waals surface area contributed by atoms with Gasteiger partial charge in [-0.25, -0.2) is 0 Å². The summed E-state index contributed by atoms with van der Waals surface area (Å²) in [7, 11) is 0. The standard InChI is InChI=1S/C13H20N2O2/c1-2-12-11(6-9-17-12)13(16)15(8-3-7-14)10-4-5-10/h10-12H,2-6,8-9H2,1H3. The zero-order valence-electron chi connectivity index (χ0n) is 10.4. The monoisotopic (exact) mass is 236 g/mol. The molecule has 1 aliphatic heterocycles. The predicted octanol–water partition coefficient (Wildman–Crippen LogP) is 1.71. The van der Waals surface area contributed by atoms with Gasteiger partial charge in [-0.05, 0) is 25.7 Å². The molecule has 2 rings (SSSR count). The smallest absolute Gasteiger partial charge is 0.228 e. The molecule has 94 valence electrons. The average molecular weight is 236 g/mol. The summed E-state index contributed by atoms with van der Waals surface area (Å²) in [6, 6.07) is 2.52. The van der Waals surface area contributed by atoms with Crippen LogP contribution in [0.5, 0.6) is 0 Å². The van der Waals surface area contributed by atoms with E-state index in [9.17, 15) is 4.79 Å². The van der Waals surface area contributed by atoms with Crippen molar-refractivity contribution < 1.29 is 9.53 Å². The van der Waals surface area contributed by atoms with Crippen LogP contribution >= 0.6 is 0 Å². The first-order valence-corrected chi connectivity index (χ1v) is 6.57. The molecule has 2 unspecified atom stereocenters. The Labute approximate surface area is 103 Å². The molecule has 2 fully saturated rings. The topological polar surface area (TPSA) is 53.3 Å². The molecular weight excluding hydrogens is 216 g/mol. The fourth-order valence-corrected chi connectivity index (χ4v) is 2.58. The normalized spacial score (nSPS) is 27.8. The van der Waals surface area contributed by atoms with Crippen LogP contribution in [0.1, 0.15) is 39.0 Å². The summed E-state index contributed by atoms with van der Waals surface area (Å²) < 4.78 is 5.58. The molecule has 2 aliphatic rings. The summed E-state index contributed by atoms with van der Waals surface area (Å²) in [6.45, 7) is 3.35. The summed E-state index contributed by atoms with van der Waals surface area (Å²) in [5.41, 5.74) is 0. The predicted molar refractivity (Wildman–Crippen MR) is 63.1 cm³/mol. The Morgan fingerprint density at radius 2 is 2.24 bits per heavy atom. The van der Waals surface area contributed by atoms with Gasteiger partial charge in [-0.3, -0.25) is 4.79 Å². The van der Waals surface area contributed by atoms with E-state index in [2.05, 4.69) is 13.0 Å². The van der Waals surface area contributed by atoms with Crippen molar-refractivity contribution in [2.75, 3.05) is 13.2 Å². The SMILES string of the molecule is CCC1OCCC1C(=O)N(CCC#N)C1CC1. The van der Waals surface area contributed by atoms with Crippen LogP contribution in [-0.2, 0) is 9.53 Å². The van der Waals surface area contributed by atoms with Gasteiger partial charge in [0, 0.05) is 19.2 Å². The van der Waals surface area contributed by atoms with Crippen molar-refractivity contribution in [3.8, 4) is 6.07 Å². The summed E-state index contributed by atoms with van der Waals surface area (Å²) in [4.78, 5) is 14.4. The van der Waals surface area contributed by atoms with Gasteiger partial charge < -0.3 is 9.64 Å². The highest BCUT2D eigenvalue weighted by Crippen LogP contribution is 2.32. The third kappa shape index (κ3) is 2.78. The van der Waals surface area contributed by atoms with Crippen LogP contribution < -0.4 is 0 Å². The van der Waals surface area contributed by atoms with E-state index in [0.717, 1.165) is 25.7 Å². The van der Waals surface area contributed by atoms with Crippen LogP contribution in [0.25, 0.3) is 0 Å². The van der Waals surface area contributed by atoms with Crippen molar-refractivity contribution in [1.82, 2.24) is 4.90 Å². The summed E-state index contributed by atoms with van der Waals surface area (Å²) in [5, 5.41) is 8.65. The number of rotatable bonds is 5. The second-order valence-corrected chi connectivity index (χ2v) is 4.88. The molecule has 4 nitrogen and oxygen atoms in total. The number of ether oxygens (including phenoxy) is 1. The average Bonchev–Trinajstić information content (AvgIpc) is 3.06. The lowest BCUT2D eigenvalue weighted by Crippen LogP contribution is -2.41. The van der Waals surface area contributed by atoms with E-state index in [1.807, 2.05) is 4.90 Å². The van der Waals surface area contributed by atoms with Gasteiger partial charge in [-0.1, -0.05) is 6.92 Å². The quantitative estimate of drug-likeness (QED) is 0.730. The minimum absolute atomic E-state index is 0.0271. The minimum atomic E-state index is 0.0271. The molecule has 1 aliphatic carbocycles. The highest BCUT2D eigenvalue weighted by atomic mass is 16.5. The molecule has 1 heterocycles. The van der Waals surface area contributed by atoms with E-state index >= 15 is 0 Å². The molecule has 0 aromatic carbocycles. The third-order valence-corrected chi connectivity index (χ3v) is 3.66. The van der Waals surface area contributed by atoms with Gasteiger partial charge >= 0.3 is 0 Å². The van der Waals surface area contributed by atoms with Gasteiger partial charge in [-0.2, -0.15) is 5.26 Å². The molecule has 0 radical (unpaired) electrons. The molecule has 0 bridgehead atoms. The Hall–Kier alpha value is -1.08. The van der Waals surface area contributed by atoms with Gasteiger partial charge in [0.25, 0.3) is 0 Å². The molecule has 0 aromatic rings. The lowest BCUT2D eigenvalue weighted by atomic mass is 9.97. The zero-order chi connectivity index (χ0) is 12.3. The Balaban J connectivity index is 1.97. The first-order chi connectivity index (χ1) is 8.27. The number of carbonyl (C=O) groups excluding carboxylic acids is 1. The zero-order valence-corrected chi connectivity index (χ0v) is 10.4. The second-order valence-electron chi connectivity index (χ2n) is 4.88. The van der Waals surface area contributed by atoms with Crippen LogP contribution in [0.4, 0.5) is 0 Å². The number of nitrogens with zero attached hydrogens (tertiary/aromatic N) is 2.